The van der Waals surface area contributed by atoms with Gasteiger partial charge in [-0.1, -0.05) is 44.2 Å². The van der Waals surface area contributed by atoms with E-state index in [-0.39, 0.29) is 30.5 Å². The van der Waals surface area contributed by atoms with Crippen molar-refractivity contribution in [3.63, 3.8) is 0 Å². The molecule has 1 aromatic heterocycles. The summed E-state index contributed by atoms with van der Waals surface area (Å²) in [6.07, 6.45) is 1.22. The summed E-state index contributed by atoms with van der Waals surface area (Å²) in [7, 11) is 1.21. The molecule has 0 radical (unpaired) electrons. The molecule has 0 unspecified atom stereocenters. The fourth-order valence-electron chi connectivity index (χ4n) is 4.42. The average Bonchev–Trinajstić information content (AvgIpc) is 3.23. The van der Waals surface area contributed by atoms with E-state index in [0.717, 1.165) is 11.1 Å². The molecule has 0 spiro atoms. The molecule has 2 N–H and O–H groups in total. The van der Waals surface area contributed by atoms with Crippen molar-refractivity contribution in [3.8, 4) is 11.1 Å². The van der Waals surface area contributed by atoms with Crippen LogP contribution in [0.25, 0.3) is 17.2 Å². The van der Waals surface area contributed by atoms with Crippen LogP contribution < -0.4 is 5.32 Å². The van der Waals surface area contributed by atoms with E-state index in [0.29, 0.717) is 29.2 Å². The Labute approximate surface area is 221 Å². The average molecular weight is 521 g/mol. The second kappa shape index (κ2) is 13.0. The Morgan fingerprint density at radius 3 is 2.29 bits per heavy atom. The van der Waals surface area contributed by atoms with Crippen molar-refractivity contribution in [2.45, 2.75) is 52.2 Å². The van der Waals surface area contributed by atoms with E-state index in [9.17, 15) is 23.9 Å². The molecule has 1 amide bonds. The van der Waals surface area contributed by atoms with E-state index in [1.165, 1.54) is 25.3 Å². The molecule has 0 fully saturated rings. The number of halogens is 1. The molecule has 0 aliphatic carbocycles. The molecule has 0 saturated carbocycles. The molecule has 0 aliphatic heterocycles. The first-order valence-electron chi connectivity index (χ1n) is 12.5. The molecule has 1 heterocycles. The van der Waals surface area contributed by atoms with Gasteiger partial charge in [-0.25, -0.2) is 4.39 Å². The zero-order valence-corrected chi connectivity index (χ0v) is 22.0. The van der Waals surface area contributed by atoms with Crippen LogP contribution in [0.2, 0.25) is 0 Å². The van der Waals surface area contributed by atoms with Gasteiger partial charge >= 0.3 is 5.97 Å². The number of ketones is 1. The number of para-hydroxylation sites is 1. The molecular weight excluding hydrogens is 487 g/mol. The van der Waals surface area contributed by atoms with E-state index in [1.54, 1.807) is 30.3 Å². The van der Waals surface area contributed by atoms with E-state index in [1.807, 2.05) is 43.5 Å². The number of hydrogen-bond donors (Lipinski definition) is 2. The third-order valence-corrected chi connectivity index (χ3v) is 6.11. The van der Waals surface area contributed by atoms with Crippen LogP contribution in [0.5, 0.6) is 0 Å². The number of rotatable bonds is 11. The lowest BCUT2D eigenvalue weighted by atomic mass is 9.92. The van der Waals surface area contributed by atoms with Crippen molar-refractivity contribution in [3.05, 3.63) is 83.4 Å². The summed E-state index contributed by atoms with van der Waals surface area (Å²) in [5, 5.41) is 13.0. The van der Waals surface area contributed by atoms with Crippen LogP contribution >= 0.6 is 0 Å². The molecule has 3 rings (SSSR count). The highest BCUT2D eigenvalue weighted by Crippen LogP contribution is 2.39. The lowest BCUT2D eigenvalue weighted by Gasteiger charge is -2.13. The number of carbonyl (C=O) groups excluding carboxylic acids is 3. The number of nitrogens with one attached hydrogen (secondary N) is 1. The molecule has 7 nitrogen and oxygen atoms in total. The Morgan fingerprint density at radius 1 is 1.05 bits per heavy atom. The monoisotopic (exact) mass is 520 g/mol. The third kappa shape index (κ3) is 6.83. The van der Waals surface area contributed by atoms with Crippen molar-refractivity contribution in [2.24, 2.45) is 0 Å². The normalized spacial score (nSPS) is 12.1. The van der Waals surface area contributed by atoms with Gasteiger partial charge in [-0.05, 0) is 60.4 Å². The summed E-state index contributed by atoms with van der Waals surface area (Å²) >= 11 is 0. The van der Waals surface area contributed by atoms with E-state index < -0.39 is 17.9 Å². The number of allylic oxidation sites excluding steroid dienone is 1. The van der Waals surface area contributed by atoms with Gasteiger partial charge in [-0.15, -0.1) is 0 Å². The molecule has 8 heteroatoms. The summed E-state index contributed by atoms with van der Waals surface area (Å²) in [5.41, 5.74) is 3.89. The SMILES string of the molecule is CCn1c(C=CC(=O)C[C@@H](O)CC(=O)OC)c(-c2ccc(F)cc2)c(C(C)C)c1C(=O)Nc1ccccc1. The van der Waals surface area contributed by atoms with Crippen LogP contribution in [0, 0.1) is 5.82 Å². The van der Waals surface area contributed by atoms with E-state index in [4.69, 9.17) is 0 Å². The van der Waals surface area contributed by atoms with Gasteiger partial charge in [0.25, 0.3) is 5.91 Å². The van der Waals surface area contributed by atoms with Crippen LogP contribution in [0.4, 0.5) is 10.1 Å². The van der Waals surface area contributed by atoms with Gasteiger partial charge in [0, 0.05) is 29.9 Å². The number of aliphatic hydroxyl groups excluding tert-OH is 1. The lowest BCUT2D eigenvalue weighted by molar-refractivity contribution is -0.143. The molecule has 3 aromatic rings. The Morgan fingerprint density at radius 2 is 1.71 bits per heavy atom. The number of carbonyl (C=O) groups is 3. The minimum absolute atomic E-state index is 0.0795. The first-order chi connectivity index (χ1) is 18.2. The molecule has 1 atom stereocenters. The van der Waals surface area contributed by atoms with Crippen molar-refractivity contribution < 1.29 is 28.6 Å². The standard InChI is InChI=1S/C30H33FN2O5/c1-5-33-25(16-15-23(34)17-24(35)18-26(36)38-4)28(20-11-13-21(31)14-12-20)27(19(2)3)29(33)30(37)32-22-9-7-6-8-10-22/h6-16,19,24,35H,5,17-18H2,1-4H3,(H,32,37)/t24-/m1/s1. The number of anilines is 1. The maximum Gasteiger partial charge on any atom is 0.308 e. The van der Waals surface area contributed by atoms with Gasteiger partial charge in [-0.3, -0.25) is 14.4 Å². The van der Waals surface area contributed by atoms with Crippen LogP contribution in [0.1, 0.15) is 61.3 Å². The van der Waals surface area contributed by atoms with E-state index in [2.05, 4.69) is 10.1 Å². The zero-order chi connectivity index (χ0) is 27.8. The molecular formula is C30H33FN2O5. The largest absolute Gasteiger partial charge is 0.469 e. The summed E-state index contributed by atoms with van der Waals surface area (Å²) < 4.78 is 20.2. The van der Waals surface area contributed by atoms with Crippen molar-refractivity contribution in [1.29, 1.82) is 0 Å². The van der Waals surface area contributed by atoms with Crippen LogP contribution in [0.3, 0.4) is 0 Å². The second-order valence-corrected chi connectivity index (χ2v) is 9.19. The maximum atomic E-state index is 13.8. The Bertz CT molecular complexity index is 1310. The number of methoxy groups -OCH3 is 1. The van der Waals surface area contributed by atoms with Crippen molar-refractivity contribution in [1.82, 2.24) is 4.57 Å². The Kier molecular flexibility index (Phi) is 9.73. The number of hydrogen-bond acceptors (Lipinski definition) is 5. The quantitative estimate of drug-likeness (QED) is 0.254. The first kappa shape index (κ1) is 28.5. The van der Waals surface area contributed by atoms with Crippen LogP contribution in [-0.2, 0) is 20.9 Å². The highest BCUT2D eigenvalue weighted by Gasteiger charge is 2.28. The summed E-state index contributed by atoms with van der Waals surface area (Å²) in [6.45, 7) is 6.28. The van der Waals surface area contributed by atoms with Crippen LogP contribution in [0.15, 0.2) is 60.7 Å². The number of aromatic nitrogens is 1. The fourth-order valence-corrected chi connectivity index (χ4v) is 4.42. The summed E-state index contributed by atoms with van der Waals surface area (Å²) in [4.78, 5) is 37.7. The maximum absolute atomic E-state index is 13.8. The van der Waals surface area contributed by atoms with Gasteiger partial charge in [0.1, 0.15) is 11.5 Å². The molecule has 0 saturated heterocycles. The van der Waals surface area contributed by atoms with Crippen LogP contribution in [-0.4, -0.2) is 40.5 Å². The highest BCUT2D eigenvalue weighted by atomic mass is 19.1. The summed E-state index contributed by atoms with van der Waals surface area (Å²) in [6, 6.07) is 15.1. The highest BCUT2D eigenvalue weighted by molar-refractivity contribution is 6.07. The number of amides is 1. The topological polar surface area (TPSA) is 97.6 Å². The van der Waals surface area contributed by atoms with Gasteiger partial charge in [0.05, 0.1) is 19.6 Å². The zero-order valence-electron chi connectivity index (χ0n) is 22.0. The molecule has 2 aromatic carbocycles. The second-order valence-electron chi connectivity index (χ2n) is 9.19. The fraction of sp³-hybridized carbons (Fsp3) is 0.300. The minimum Gasteiger partial charge on any atom is -0.469 e. The number of aliphatic hydroxyl groups is 1. The van der Waals surface area contributed by atoms with Gasteiger partial charge < -0.3 is 19.7 Å². The molecule has 200 valence electrons. The van der Waals surface area contributed by atoms with E-state index >= 15 is 0 Å². The van der Waals surface area contributed by atoms with Gasteiger partial charge in [0.2, 0.25) is 0 Å². The Balaban J connectivity index is 2.12. The molecule has 0 bridgehead atoms. The molecule has 0 aliphatic rings. The smallest absolute Gasteiger partial charge is 0.308 e. The molecule has 38 heavy (non-hydrogen) atoms. The number of ether oxygens (including phenoxy) is 1. The van der Waals surface area contributed by atoms with Crippen molar-refractivity contribution >= 4 is 29.4 Å². The predicted molar refractivity (Wildman–Crippen MR) is 145 cm³/mol. The summed E-state index contributed by atoms with van der Waals surface area (Å²) in [5.74, 6) is -1.77. The number of esters is 1. The van der Waals surface area contributed by atoms with Crippen molar-refractivity contribution in [2.75, 3.05) is 12.4 Å². The first-order valence-corrected chi connectivity index (χ1v) is 12.5. The van der Waals surface area contributed by atoms with Gasteiger partial charge in [0.15, 0.2) is 5.78 Å². The minimum atomic E-state index is -1.17. The predicted octanol–water partition coefficient (Wildman–Crippen LogP) is 5.59. The third-order valence-electron chi connectivity index (χ3n) is 6.11. The number of benzene rings is 2. The number of nitrogens with zero attached hydrogens (tertiary/aromatic N) is 1. The lowest BCUT2D eigenvalue weighted by Crippen LogP contribution is -2.19. The Hall–Kier alpha value is -4.04. The van der Waals surface area contributed by atoms with Gasteiger partial charge in [-0.2, -0.15) is 0 Å².